The molecular formula is C52H50IrN4OSi-2. The fraction of sp³-hybridized carbons (Fsp3) is 0.212. The maximum atomic E-state index is 6.47. The second-order valence-corrected chi connectivity index (χ2v) is 22.0. The Hall–Kier alpha value is -5.46. The SMILES string of the molecule is Cc1c[c-]c(-c2ccc([Si](C)(C)C)cn2)cc1.Cc1cc2c(cn1)oc1c(-c3nc4ccccc4n3-c3c(C(C)C)cc(-c4ccccc4)cc3C(C)C)[c-]ccc12.[Ir]. The van der Waals surface area contributed by atoms with Gasteiger partial charge in [-0.25, -0.2) is 0 Å². The number of hydrogen-bond acceptors (Lipinski definition) is 4. The van der Waals surface area contributed by atoms with E-state index < -0.39 is 8.07 Å². The maximum absolute atomic E-state index is 6.47. The molecule has 4 heterocycles. The zero-order chi connectivity index (χ0) is 40.7. The molecule has 7 heteroatoms. The Morgan fingerprint density at radius 1 is 0.695 bits per heavy atom. The van der Waals surface area contributed by atoms with Gasteiger partial charge < -0.3 is 14.0 Å². The Kier molecular flexibility index (Phi) is 12.0. The van der Waals surface area contributed by atoms with Crippen LogP contribution in [0.1, 0.15) is 61.9 Å². The van der Waals surface area contributed by atoms with Crippen LogP contribution in [0.15, 0.2) is 132 Å². The molecule has 0 unspecified atom stereocenters. The van der Waals surface area contributed by atoms with Crippen molar-refractivity contribution >= 4 is 46.2 Å². The van der Waals surface area contributed by atoms with Crippen LogP contribution in [0.5, 0.6) is 0 Å². The minimum atomic E-state index is -1.24. The van der Waals surface area contributed by atoms with Gasteiger partial charge in [0, 0.05) is 43.1 Å². The largest absolute Gasteiger partial charge is 0.499 e. The molecule has 4 aromatic heterocycles. The molecule has 0 aliphatic carbocycles. The first-order valence-corrected chi connectivity index (χ1v) is 23.7. The molecule has 0 bridgehead atoms. The number of fused-ring (bicyclic) bond motifs is 4. The first kappa shape index (κ1) is 41.7. The average Bonchev–Trinajstić information content (AvgIpc) is 3.79. The number of furan rings is 1. The van der Waals surface area contributed by atoms with Crippen LogP contribution in [0, 0.1) is 26.0 Å². The van der Waals surface area contributed by atoms with E-state index in [-0.39, 0.29) is 20.1 Å². The molecule has 59 heavy (non-hydrogen) atoms. The third-order valence-corrected chi connectivity index (χ3v) is 12.9. The number of aromatic nitrogens is 4. The summed E-state index contributed by atoms with van der Waals surface area (Å²) < 4.78 is 8.81. The van der Waals surface area contributed by atoms with Gasteiger partial charge >= 0.3 is 0 Å². The van der Waals surface area contributed by atoms with Gasteiger partial charge in [0.1, 0.15) is 5.58 Å². The van der Waals surface area contributed by atoms with E-state index in [0.717, 1.165) is 61.3 Å². The summed E-state index contributed by atoms with van der Waals surface area (Å²) in [5.41, 5.74) is 14.9. The number of imidazole rings is 1. The minimum absolute atomic E-state index is 0. The third kappa shape index (κ3) is 8.38. The van der Waals surface area contributed by atoms with Crippen LogP contribution in [-0.2, 0) is 20.1 Å². The van der Waals surface area contributed by atoms with Crippen molar-refractivity contribution < 1.29 is 24.5 Å². The molecule has 0 aliphatic heterocycles. The molecule has 0 atom stereocenters. The van der Waals surface area contributed by atoms with Crippen molar-refractivity contribution in [1.29, 1.82) is 0 Å². The smallest absolute Gasteiger partial charge is 0.139 e. The van der Waals surface area contributed by atoms with E-state index >= 15 is 0 Å². The monoisotopic (exact) mass is 967 g/mol. The van der Waals surface area contributed by atoms with Crippen molar-refractivity contribution in [3.8, 4) is 39.5 Å². The third-order valence-electron chi connectivity index (χ3n) is 10.9. The van der Waals surface area contributed by atoms with Gasteiger partial charge in [0.2, 0.25) is 0 Å². The summed E-state index contributed by atoms with van der Waals surface area (Å²) in [6.45, 7) is 20.2. The number of para-hydroxylation sites is 2. The standard InChI is InChI=1S/C37H32N3O.C15H18NSi.Ir/c1-22(2)29-19-26(25-12-7-6-8-13-25)20-30(23(3)4)35(29)40-33-17-10-9-16-32(33)39-37(40)28-15-11-14-27-31-18-24(5)38-21-34(31)41-36(27)28;1-12-5-7-13(8-6-12)15-10-9-14(11-16-15)17(2,3)4;/h6-14,16-23H,1-5H3;5-7,9-11H,1-4H3;/q2*-1;. The molecule has 0 fully saturated rings. The number of rotatable bonds is 7. The van der Waals surface area contributed by atoms with Crippen molar-refractivity contribution in [2.75, 3.05) is 0 Å². The Bertz CT molecular complexity index is 2860. The molecule has 0 aliphatic rings. The van der Waals surface area contributed by atoms with Crippen LogP contribution >= 0.6 is 0 Å². The van der Waals surface area contributed by atoms with E-state index in [1.807, 2.05) is 31.5 Å². The molecule has 9 aromatic rings. The van der Waals surface area contributed by atoms with Gasteiger partial charge in [-0.1, -0.05) is 120 Å². The molecular weight excluding hydrogens is 917 g/mol. The Morgan fingerprint density at radius 3 is 2.05 bits per heavy atom. The topological polar surface area (TPSA) is 56.7 Å². The second kappa shape index (κ2) is 17.0. The predicted molar refractivity (Wildman–Crippen MR) is 245 cm³/mol. The number of nitrogens with zero attached hydrogens (tertiary/aromatic N) is 4. The van der Waals surface area contributed by atoms with Crippen LogP contribution in [0.25, 0.3) is 72.4 Å². The summed E-state index contributed by atoms with van der Waals surface area (Å²) in [6.07, 6.45) is 3.84. The van der Waals surface area contributed by atoms with E-state index in [1.165, 1.54) is 38.7 Å². The van der Waals surface area contributed by atoms with Crippen LogP contribution in [-0.4, -0.2) is 27.6 Å². The summed E-state index contributed by atoms with van der Waals surface area (Å²) in [6, 6.07) is 47.2. The van der Waals surface area contributed by atoms with Crippen molar-refractivity contribution in [3.05, 3.63) is 162 Å². The van der Waals surface area contributed by atoms with E-state index in [9.17, 15) is 0 Å². The molecule has 0 amide bonds. The molecule has 0 N–H and O–H groups in total. The summed E-state index contributed by atoms with van der Waals surface area (Å²) in [4.78, 5) is 14.3. The van der Waals surface area contributed by atoms with Gasteiger partial charge in [-0.3, -0.25) is 9.97 Å². The van der Waals surface area contributed by atoms with Gasteiger partial charge in [0.25, 0.3) is 0 Å². The first-order valence-electron chi connectivity index (χ1n) is 20.2. The average molecular weight is 967 g/mol. The zero-order valence-electron chi connectivity index (χ0n) is 35.3. The summed E-state index contributed by atoms with van der Waals surface area (Å²) >= 11 is 0. The quantitative estimate of drug-likeness (QED) is 0.118. The molecule has 9 rings (SSSR count). The van der Waals surface area contributed by atoms with Crippen LogP contribution in [0.2, 0.25) is 19.6 Å². The minimum Gasteiger partial charge on any atom is -0.499 e. The molecule has 5 aromatic carbocycles. The van der Waals surface area contributed by atoms with Crippen LogP contribution in [0.3, 0.4) is 0 Å². The van der Waals surface area contributed by atoms with Crippen molar-refractivity contribution in [2.24, 2.45) is 0 Å². The number of benzene rings is 5. The van der Waals surface area contributed by atoms with E-state index in [1.54, 1.807) is 0 Å². The van der Waals surface area contributed by atoms with Gasteiger partial charge in [-0.05, 0) is 82.2 Å². The number of pyridine rings is 2. The van der Waals surface area contributed by atoms with Gasteiger partial charge in [0.15, 0.2) is 0 Å². The van der Waals surface area contributed by atoms with Crippen molar-refractivity contribution in [1.82, 2.24) is 19.5 Å². The summed E-state index contributed by atoms with van der Waals surface area (Å²) in [5, 5.41) is 3.50. The van der Waals surface area contributed by atoms with Gasteiger partial charge in [-0.2, -0.15) is 0 Å². The molecule has 299 valence electrons. The normalized spacial score (nSPS) is 11.6. The summed E-state index contributed by atoms with van der Waals surface area (Å²) in [5.74, 6) is 1.41. The fourth-order valence-corrected chi connectivity index (χ4v) is 8.65. The van der Waals surface area contributed by atoms with Crippen LogP contribution in [0.4, 0.5) is 0 Å². The maximum Gasteiger partial charge on any atom is 0.139 e. The molecule has 1 radical (unpaired) electrons. The number of hydrogen-bond donors (Lipinski definition) is 0. The second-order valence-electron chi connectivity index (χ2n) is 16.9. The van der Waals surface area contributed by atoms with E-state index in [2.05, 4.69) is 184 Å². The molecule has 5 nitrogen and oxygen atoms in total. The Balaban J connectivity index is 0.000000247. The van der Waals surface area contributed by atoms with E-state index in [4.69, 9.17) is 9.40 Å². The first-order chi connectivity index (χ1) is 27.9. The number of aryl methyl sites for hydroxylation is 2. The predicted octanol–water partition coefficient (Wildman–Crippen LogP) is 13.4. The van der Waals surface area contributed by atoms with Gasteiger partial charge in [0.05, 0.1) is 36.7 Å². The Morgan fingerprint density at radius 2 is 1.41 bits per heavy atom. The van der Waals surface area contributed by atoms with Crippen LogP contribution < -0.4 is 5.19 Å². The van der Waals surface area contributed by atoms with E-state index in [0.29, 0.717) is 11.8 Å². The molecule has 0 saturated heterocycles. The molecule has 0 spiro atoms. The molecule has 0 saturated carbocycles. The van der Waals surface area contributed by atoms with Crippen molar-refractivity contribution in [2.45, 2.75) is 73.0 Å². The Labute approximate surface area is 363 Å². The zero-order valence-corrected chi connectivity index (χ0v) is 38.7. The van der Waals surface area contributed by atoms with Gasteiger partial charge in [-0.15, -0.1) is 53.6 Å². The van der Waals surface area contributed by atoms with Crippen molar-refractivity contribution in [3.63, 3.8) is 0 Å². The summed E-state index contributed by atoms with van der Waals surface area (Å²) in [7, 11) is -1.24. The fourth-order valence-electron chi connectivity index (χ4n) is 7.61.